The Balaban J connectivity index is 1.89. The molecule has 0 aromatic heterocycles. The van der Waals surface area contributed by atoms with Gasteiger partial charge < -0.3 is 19.5 Å². The van der Waals surface area contributed by atoms with Crippen LogP contribution in [-0.4, -0.2) is 44.1 Å². The van der Waals surface area contributed by atoms with Crippen LogP contribution in [0.4, 0.5) is 11.4 Å². The molecule has 7 heteroatoms. The Morgan fingerprint density at radius 3 is 2.11 bits per heavy atom. The van der Waals surface area contributed by atoms with E-state index < -0.39 is 17.7 Å². The zero-order valence-corrected chi connectivity index (χ0v) is 21.8. The standard InChI is InChI=1S/C30H32N2O5/c1-6-31(7-2)22-11-8-20(9-12-22)27-26(28(33)21-10-17-25(37-5)19(3)18-21)29(34)30(35)32(27)23-13-15-24(36-4)16-14-23/h8-18,27,33H,6-7H2,1-5H3/b28-26-. The molecule has 7 nitrogen and oxygen atoms in total. The number of hydrogen-bond acceptors (Lipinski definition) is 6. The number of rotatable bonds is 8. The number of aryl methyl sites for hydroxylation is 1. The number of amides is 1. The van der Waals surface area contributed by atoms with Gasteiger partial charge in [-0.1, -0.05) is 12.1 Å². The number of ether oxygens (including phenoxy) is 2. The number of anilines is 2. The van der Waals surface area contributed by atoms with Crippen LogP contribution >= 0.6 is 0 Å². The predicted octanol–water partition coefficient (Wildman–Crippen LogP) is 5.48. The first-order valence-corrected chi connectivity index (χ1v) is 12.3. The zero-order valence-electron chi connectivity index (χ0n) is 21.8. The van der Waals surface area contributed by atoms with Crippen molar-refractivity contribution in [1.82, 2.24) is 0 Å². The Labute approximate surface area is 217 Å². The Bertz CT molecular complexity index is 1330. The number of carbonyl (C=O) groups is 2. The lowest BCUT2D eigenvalue weighted by molar-refractivity contribution is -0.132. The number of benzene rings is 3. The Hall–Kier alpha value is -4.26. The summed E-state index contributed by atoms with van der Waals surface area (Å²) in [5, 5.41) is 11.4. The fourth-order valence-corrected chi connectivity index (χ4v) is 4.79. The average molecular weight is 501 g/mol. The van der Waals surface area contributed by atoms with Crippen LogP contribution in [0.3, 0.4) is 0 Å². The van der Waals surface area contributed by atoms with Gasteiger partial charge in [-0.05, 0) is 86.5 Å². The molecule has 1 aliphatic rings. The van der Waals surface area contributed by atoms with E-state index in [0.717, 1.165) is 29.9 Å². The first-order chi connectivity index (χ1) is 17.8. The maximum Gasteiger partial charge on any atom is 0.300 e. The van der Waals surface area contributed by atoms with E-state index in [1.54, 1.807) is 56.7 Å². The second-order valence-corrected chi connectivity index (χ2v) is 8.82. The minimum Gasteiger partial charge on any atom is -0.507 e. The molecular formula is C30H32N2O5. The summed E-state index contributed by atoms with van der Waals surface area (Å²) in [7, 11) is 3.14. The van der Waals surface area contributed by atoms with Gasteiger partial charge in [-0.2, -0.15) is 0 Å². The fourth-order valence-electron chi connectivity index (χ4n) is 4.79. The van der Waals surface area contributed by atoms with Gasteiger partial charge in [0.2, 0.25) is 0 Å². The van der Waals surface area contributed by atoms with Gasteiger partial charge in [-0.15, -0.1) is 0 Å². The van der Waals surface area contributed by atoms with Crippen LogP contribution in [0, 0.1) is 6.92 Å². The summed E-state index contributed by atoms with van der Waals surface area (Å²) in [6.07, 6.45) is 0. The lowest BCUT2D eigenvalue weighted by Crippen LogP contribution is -2.29. The van der Waals surface area contributed by atoms with E-state index in [4.69, 9.17) is 9.47 Å². The predicted molar refractivity (Wildman–Crippen MR) is 146 cm³/mol. The SMILES string of the molecule is CCN(CC)c1ccc(C2/C(=C(/O)c3ccc(OC)c(C)c3)C(=O)C(=O)N2c2ccc(OC)cc2)cc1. The van der Waals surface area contributed by atoms with Gasteiger partial charge >= 0.3 is 0 Å². The third-order valence-electron chi connectivity index (χ3n) is 6.80. The number of aliphatic hydroxyl groups excluding tert-OH is 1. The monoisotopic (exact) mass is 500 g/mol. The maximum atomic E-state index is 13.4. The number of aliphatic hydroxyl groups is 1. The van der Waals surface area contributed by atoms with Crippen molar-refractivity contribution < 1.29 is 24.2 Å². The maximum absolute atomic E-state index is 13.4. The van der Waals surface area contributed by atoms with Crippen molar-refractivity contribution in [3.63, 3.8) is 0 Å². The molecule has 3 aromatic rings. The number of nitrogens with zero attached hydrogens (tertiary/aromatic N) is 2. The summed E-state index contributed by atoms with van der Waals surface area (Å²) in [4.78, 5) is 30.5. The molecule has 0 radical (unpaired) electrons. The van der Waals surface area contributed by atoms with Gasteiger partial charge in [0.15, 0.2) is 0 Å². The zero-order chi connectivity index (χ0) is 26.7. The molecule has 0 aliphatic carbocycles. The van der Waals surface area contributed by atoms with Gasteiger partial charge in [0.1, 0.15) is 17.3 Å². The molecule has 4 rings (SSSR count). The minimum atomic E-state index is -0.804. The van der Waals surface area contributed by atoms with Crippen molar-refractivity contribution in [3.8, 4) is 11.5 Å². The normalized spacial score (nSPS) is 16.7. The van der Waals surface area contributed by atoms with Gasteiger partial charge in [-0.25, -0.2) is 0 Å². The highest BCUT2D eigenvalue weighted by atomic mass is 16.5. The van der Waals surface area contributed by atoms with Crippen LogP contribution in [0.5, 0.6) is 11.5 Å². The van der Waals surface area contributed by atoms with Crippen LogP contribution in [0.2, 0.25) is 0 Å². The highest BCUT2D eigenvalue weighted by Gasteiger charge is 2.47. The van der Waals surface area contributed by atoms with Crippen LogP contribution in [0.1, 0.15) is 36.6 Å². The Morgan fingerprint density at radius 2 is 1.57 bits per heavy atom. The smallest absolute Gasteiger partial charge is 0.300 e. The van der Waals surface area contributed by atoms with Gasteiger partial charge in [0.25, 0.3) is 11.7 Å². The molecule has 37 heavy (non-hydrogen) atoms. The number of carbonyl (C=O) groups excluding carboxylic acids is 2. The molecule has 1 saturated heterocycles. The summed E-state index contributed by atoms with van der Waals surface area (Å²) in [6.45, 7) is 7.75. The van der Waals surface area contributed by atoms with Crippen molar-refractivity contribution in [2.75, 3.05) is 37.1 Å². The van der Waals surface area contributed by atoms with E-state index in [1.165, 1.54) is 4.90 Å². The summed E-state index contributed by atoms with van der Waals surface area (Å²) in [6, 6.07) is 19.1. The number of Topliss-reactive ketones (excluding diaryl/α,β-unsaturated/α-hetero) is 1. The summed E-state index contributed by atoms with van der Waals surface area (Å²) < 4.78 is 10.6. The van der Waals surface area contributed by atoms with Crippen molar-refractivity contribution >= 4 is 28.8 Å². The molecule has 1 atom stereocenters. The first kappa shape index (κ1) is 25.8. The molecule has 3 aromatic carbocycles. The van der Waals surface area contributed by atoms with E-state index in [2.05, 4.69) is 18.7 Å². The molecule has 1 N–H and O–H groups in total. The number of ketones is 1. The molecule has 1 unspecified atom stereocenters. The third kappa shape index (κ3) is 4.77. The number of hydrogen-bond donors (Lipinski definition) is 1. The largest absolute Gasteiger partial charge is 0.507 e. The Morgan fingerprint density at radius 1 is 0.919 bits per heavy atom. The average Bonchev–Trinajstić information content (AvgIpc) is 3.19. The van der Waals surface area contributed by atoms with Crippen molar-refractivity contribution in [1.29, 1.82) is 0 Å². The van der Waals surface area contributed by atoms with Crippen LogP contribution in [-0.2, 0) is 9.59 Å². The summed E-state index contributed by atoms with van der Waals surface area (Å²) in [5.74, 6) is -0.361. The van der Waals surface area contributed by atoms with E-state index in [1.807, 2.05) is 31.2 Å². The molecule has 0 spiro atoms. The Kier molecular flexibility index (Phi) is 7.53. The molecule has 1 amide bonds. The summed E-state index contributed by atoms with van der Waals surface area (Å²) in [5.41, 5.74) is 3.58. The second kappa shape index (κ2) is 10.8. The van der Waals surface area contributed by atoms with E-state index in [-0.39, 0.29) is 11.3 Å². The van der Waals surface area contributed by atoms with Gasteiger partial charge in [0.05, 0.1) is 25.8 Å². The van der Waals surface area contributed by atoms with E-state index in [0.29, 0.717) is 22.7 Å². The lowest BCUT2D eigenvalue weighted by Gasteiger charge is -2.27. The van der Waals surface area contributed by atoms with Gasteiger partial charge in [-0.3, -0.25) is 14.5 Å². The van der Waals surface area contributed by atoms with Crippen LogP contribution in [0.15, 0.2) is 72.3 Å². The third-order valence-corrected chi connectivity index (χ3v) is 6.80. The molecule has 1 fully saturated rings. The fraction of sp³-hybridized carbons (Fsp3) is 0.267. The van der Waals surface area contributed by atoms with Crippen LogP contribution in [0.25, 0.3) is 5.76 Å². The van der Waals surface area contributed by atoms with Crippen molar-refractivity contribution in [3.05, 3.63) is 89.0 Å². The van der Waals surface area contributed by atoms with E-state index in [9.17, 15) is 14.7 Å². The lowest BCUT2D eigenvalue weighted by atomic mass is 9.94. The van der Waals surface area contributed by atoms with Gasteiger partial charge in [0, 0.05) is 30.0 Å². The topological polar surface area (TPSA) is 79.3 Å². The quantitative estimate of drug-likeness (QED) is 0.251. The van der Waals surface area contributed by atoms with E-state index >= 15 is 0 Å². The van der Waals surface area contributed by atoms with Crippen LogP contribution < -0.4 is 19.3 Å². The molecule has 0 bridgehead atoms. The highest BCUT2D eigenvalue weighted by Crippen LogP contribution is 2.43. The molecule has 0 saturated carbocycles. The molecular weight excluding hydrogens is 468 g/mol. The minimum absolute atomic E-state index is 0.0426. The molecule has 192 valence electrons. The molecule has 1 aliphatic heterocycles. The molecule has 1 heterocycles. The number of methoxy groups -OCH3 is 2. The highest BCUT2D eigenvalue weighted by molar-refractivity contribution is 6.51. The first-order valence-electron chi connectivity index (χ1n) is 12.3. The van der Waals surface area contributed by atoms with Crippen molar-refractivity contribution in [2.45, 2.75) is 26.8 Å². The summed E-state index contributed by atoms with van der Waals surface area (Å²) >= 11 is 0. The second-order valence-electron chi connectivity index (χ2n) is 8.82. The van der Waals surface area contributed by atoms with Crippen molar-refractivity contribution in [2.24, 2.45) is 0 Å².